The number of rotatable bonds is 4. The normalized spacial score (nSPS) is 14.3. The van der Waals surface area contributed by atoms with Gasteiger partial charge in [-0.25, -0.2) is 0 Å². The van der Waals surface area contributed by atoms with Crippen molar-refractivity contribution in [2.75, 3.05) is 0 Å². The molecule has 0 saturated carbocycles. The van der Waals surface area contributed by atoms with Crippen LogP contribution in [-0.4, -0.2) is 9.13 Å². The number of aromatic nitrogens is 2. The van der Waals surface area contributed by atoms with E-state index in [0.29, 0.717) is 16.7 Å². The second-order valence-electron chi connectivity index (χ2n) is 19.9. The average molecular weight is 900 g/mol. The molecule has 0 unspecified atom stereocenters. The van der Waals surface area contributed by atoms with E-state index < -0.39 is 11.7 Å². The zero-order chi connectivity index (χ0) is 47.3. The Labute approximate surface area is 398 Å². The fraction of sp³-hybridized carbons (Fsp3) is 0.127. The van der Waals surface area contributed by atoms with Crippen LogP contribution in [0.15, 0.2) is 176 Å². The SMILES string of the molecule is Cc1cc(C(F)(F)F)ccc1-c1ccc(-n2c3ccccc3c3c4c(ccc32)-c2ccccc2C4(C)C)cc1-c1cc(C#N)ccc1-n1c2ccccc2c2c3c(ccc21)-c1ccccc1C3(C)C. The second-order valence-corrected chi connectivity index (χ2v) is 19.9. The van der Waals surface area contributed by atoms with Crippen molar-refractivity contribution in [3.05, 3.63) is 215 Å². The minimum Gasteiger partial charge on any atom is -0.309 e. The van der Waals surface area contributed by atoms with Crippen LogP contribution < -0.4 is 0 Å². The lowest BCUT2D eigenvalue weighted by molar-refractivity contribution is -0.137. The predicted molar refractivity (Wildman–Crippen MR) is 276 cm³/mol. The summed E-state index contributed by atoms with van der Waals surface area (Å²) in [6, 6.07) is 62.0. The number of nitrogens with zero attached hydrogens (tertiary/aromatic N) is 3. The van der Waals surface area contributed by atoms with Crippen molar-refractivity contribution >= 4 is 43.6 Å². The number of para-hydroxylation sites is 2. The van der Waals surface area contributed by atoms with Crippen LogP contribution >= 0.6 is 0 Å². The Bertz CT molecular complexity index is 4090. The number of halogens is 3. The highest BCUT2D eigenvalue weighted by Crippen LogP contribution is 2.55. The Balaban J connectivity index is 1.12. The average Bonchev–Trinajstić information content (AvgIpc) is 4.02. The molecule has 69 heavy (non-hydrogen) atoms. The summed E-state index contributed by atoms with van der Waals surface area (Å²) in [4.78, 5) is 0. The highest BCUT2D eigenvalue weighted by atomic mass is 19.4. The van der Waals surface area contributed by atoms with Gasteiger partial charge in [-0.3, -0.25) is 0 Å². The molecular formula is C63H44F3N3. The molecule has 13 rings (SSSR count). The number of nitriles is 1. The topological polar surface area (TPSA) is 33.6 Å². The van der Waals surface area contributed by atoms with Gasteiger partial charge in [-0.2, -0.15) is 18.4 Å². The number of hydrogen-bond acceptors (Lipinski definition) is 1. The van der Waals surface area contributed by atoms with Gasteiger partial charge in [-0.1, -0.05) is 137 Å². The molecule has 11 aromatic rings. The molecule has 0 fully saturated rings. The highest BCUT2D eigenvalue weighted by Gasteiger charge is 2.40. The maximum atomic E-state index is 14.2. The molecule has 6 heteroatoms. The van der Waals surface area contributed by atoms with E-state index >= 15 is 0 Å². The minimum absolute atomic E-state index is 0.261. The molecule has 0 amide bonds. The van der Waals surface area contributed by atoms with Crippen LogP contribution in [0.3, 0.4) is 0 Å². The van der Waals surface area contributed by atoms with Crippen molar-refractivity contribution in [1.29, 1.82) is 5.26 Å². The van der Waals surface area contributed by atoms with E-state index in [0.717, 1.165) is 60.9 Å². The summed E-state index contributed by atoms with van der Waals surface area (Å²) in [7, 11) is 0. The second kappa shape index (κ2) is 14.2. The molecule has 332 valence electrons. The molecule has 2 aromatic heterocycles. The predicted octanol–water partition coefficient (Wildman–Crippen LogP) is 17.0. The minimum atomic E-state index is -4.50. The molecule has 0 bridgehead atoms. The Hall–Kier alpha value is -8.14. The molecule has 3 nitrogen and oxygen atoms in total. The lowest BCUT2D eigenvalue weighted by Gasteiger charge is -2.23. The molecule has 9 aromatic carbocycles. The molecule has 0 aliphatic heterocycles. The van der Waals surface area contributed by atoms with Crippen molar-refractivity contribution in [2.24, 2.45) is 0 Å². The summed E-state index contributed by atoms with van der Waals surface area (Å²) in [6.07, 6.45) is -4.50. The van der Waals surface area contributed by atoms with Gasteiger partial charge in [0.25, 0.3) is 0 Å². The van der Waals surface area contributed by atoms with Crippen molar-refractivity contribution < 1.29 is 13.2 Å². The fourth-order valence-electron chi connectivity index (χ4n) is 12.5. The molecule has 0 saturated heterocycles. The van der Waals surface area contributed by atoms with Crippen LogP contribution in [0.1, 0.15) is 66.6 Å². The Morgan fingerprint density at radius 3 is 1.55 bits per heavy atom. The largest absolute Gasteiger partial charge is 0.416 e. The smallest absolute Gasteiger partial charge is 0.309 e. The van der Waals surface area contributed by atoms with E-state index in [4.69, 9.17) is 0 Å². The number of hydrogen-bond donors (Lipinski definition) is 0. The van der Waals surface area contributed by atoms with Gasteiger partial charge >= 0.3 is 6.18 Å². The number of alkyl halides is 3. The summed E-state index contributed by atoms with van der Waals surface area (Å²) < 4.78 is 47.4. The van der Waals surface area contributed by atoms with Gasteiger partial charge in [0.2, 0.25) is 0 Å². The van der Waals surface area contributed by atoms with Crippen LogP contribution in [0.5, 0.6) is 0 Å². The van der Waals surface area contributed by atoms with E-state index in [2.05, 4.69) is 182 Å². The quantitative estimate of drug-likeness (QED) is 0.173. The summed E-state index contributed by atoms with van der Waals surface area (Å²) in [6.45, 7) is 11.0. The van der Waals surface area contributed by atoms with Crippen molar-refractivity contribution in [2.45, 2.75) is 51.6 Å². The molecule has 2 aliphatic rings. The first-order valence-corrected chi connectivity index (χ1v) is 23.5. The van der Waals surface area contributed by atoms with Gasteiger partial charge in [-0.05, 0) is 140 Å². The van der Waals surface area contributed by atoms with Gasteiger partial charge < -0.3 is 9.13 Å². The van der Waals surface area contributed by atoms with Gasteiger partial charge in [0.1, 0.15) is 0 Å². The first-order valence-electron chi connectivity index (χ1n) is 23.5. The number of aryl methyl sites for hydroxylation is 1. The monoisotopic (exact) mass is 899 g/mol. The van der Waals surface area contributed by atoms with Gasteiger partial charge in [-0.15, -0.1) is 0 Å². The van der Waals surface area contributed by atoms with Crippen LogP contribution in [0, 0.1) is 18.3 Å². The Morgan fingerprint density at radius 2 is 0.971 bits per heavy atom. The summed E-state index contributed by atoms with van der Waals surface area (Å²) in [5, 5.41) is 15.3. The molecule has 2 heterocycles. The maximum Gasteiger partial charge on any atom is 0.416 e. The molecule has 0 spiro atoms. The van der Waals surface area contributed by atoms with Crippen molar-refractivity contribution in [1.82, 2.24) is 9.13 Å². The molecule has 2 aliphatic carbocycles. The first-order chi connectivity index (χ1) is 33.3. The van der Waals surface area contributed by atoms with E-state index in [1.807, 2.05) is 18.2 Å². The maximum absolute atomic E-state index is 14.2. The summed E-state index contributed by atoms with van der Waals surface area (Å²) in [5.41, 5.74) is 18.8. The Kier molecular flexibility index (Phi) is 8.45. The highest BCUT2D eigenvalue weighted by molar-refractivity contribution is 6.16. The van der Waals surface area contributed by atoms with Crippen LogP contribution in [-0.2, 0) is 17.0 Å². The standard InChI is InChI=1S/C63H44F3N3/c1-36-32-38(63(64,65)66)23-25-40(36)41-26-24-39(68-52-20-12-8-16-46(52)57-55(68)30-27-44-42-14-6-10-18-50(42)61(2,3)59(44)57)34-48(41)49-33-37(35-67)22-29-54(49)69-53-21-13-9-17-47(53)58-56(69)31-28-45-43-15-7-11-19-51(43)62(4,5)60(45)58/h6-34H,1-5H3. The van der Waals surface area contributed by atoms with E-state index in [9.17, 15) is 18.4 Å². The zero-order valence-electron chi connectivity index (χ0n) is 38.7. The third-order valence-electron chi connectivity index (χ3n) is 15.5. The van der Waals surface area contributed by atoms with Gasteiger partial charge in [0, 0.05) is 43.6 Å². The lowest BCUT2D eigenvalue weighted by atomic mass is 9.80. The van der Waals surface area contributed by atoms with E-state index in [1.165, 1.54) is 67.4 Å². The van der Waals surface area contributed by atoms with Crippen LogP contribution in [0.2, 0.25) is 0 Å². The van der Waals surface area contributed by atoms with Gasteiger partial charge in [0.15, 0.2) is 0 Å². The van der Waals surface area contributed by atoms with Gasteiger partial charge in [0.05, 0.1) is 45.0 Å². The third kappa shape index (κ3) is 5.62. The summed E-state index contributed by atoms with van der Waals surface area (Å²) in [5.74, 6) is 0. The molecule has 0 radical (unpaired) electrons. The fourth-order valence-corrected chi connectivity index (χ4v) is 12.5. The van der Waals surface area contributed by atoms with Crippen molar-refractivity contribution in [3.63, 3.8) is 0 Å². The summed E-state index contributed by atoms with van der Waals surface area (Å²) >= 11 is 0. The third-order valence-corrected chi connectivity index (χ3v) is 15.5. The van der Waals surface area contributed by atoms with Crippen LogP contribution in [0.4, 0.5) is 13.2 Å². The lowest BCUT2D eigenvalue weighted by Crippen LogP contribution is -2.15. The van der Waals surface area contributed by atoms with Crippen molar-refractivity contribution in [3.8, 4) is 62.0 Å². The van der Waals surface area contributed by atoms with E-state index in [1.54, 1.807) is 13.0 Å². The first kappa shape index (κ1) is 41.1. The number of fused-ring (bicyclic) bond motifs is 14. The molecule has 0 atom stereocenters. The van der Waals surface area contributed by atoms with Crippen LogP contribution in [0.25, 0.3) is 99.5 Å². The van der Waals surface area contributed by atoms with E-state index in [-0.39, 0.29) is 10.8 Å². The molecule has 0 N–H and O–H groups in total. The molecular weight excluding hydrogens is 856 g/mol. The number of benzene rings is 9. The zero-order valence-corrected chi connectivity index (χ0v) is 38.7. The Morgan fingerprint density at radius 1 is 0.449 bits per heavy atom.